The number of ether oxygens (including phenoxy) is 1. The minimum absolute atomic E-state index is 0.0382. The second-order valence-electron chi connectivity index (χ2n) is 5.94. The molecule has 2 aromatic rings. The molecule has 1 fully saturated rings. The highest BCUT2D eigenvalue weighted by molar-refractivity contribution is 6.04. The Balaban J connectivity index is 1.58. The fourth-order valence-electron chi connectivity index (χ4n) is 2.79. The van der Waals surface area contributed by atoms with Gasteiger partial charge in [0.2, 0.25) is 0 Å². The lowest BCUT2D eigenvalue weighted by molar-refractivity contribution is 0.0211. The van der Waals surface area contributed by atoms with Gasteiger partial charge in [0.25, 0.3) is 5.91 Å². The molecule has 0 unspecified atom stereocenters. The van der Waals surface area contributed by atoms with E-state index in [2.05, 4.69) is 10.3 Å². The second-order valence-corrected chi connectivity index (χ2v) is 5.94. The molecule has 3 rings (SSSR count). The maximum absolute atomic E-state index is 12.2. The molecule has 0 atom stereocenters. The van der Waals surface area contributed by atoms with Crippen LogP contribution in [0.1, 0.15) is 52.8 Å². The smallest absolute Gasteiger partial charge is 0.338 e. The first kappa shape index (κ1) is 16.2. The minimum atomic E-state index is -0.299. The van der Waals surface area contributed by atoms with Crippen molar-refractivity contribution >= 4 is 17.6 Å². The average Bonchev–Trinajstić information content (AvgIpc) is 2.64. The molecule has 1 saturated carbocycles. The Kier molecular flexibility index (Phi) is 5.21. The van der Waals surface area contributed by atoms with E-state index in [-0.39, 0.29) is 18.0 Å². The van der Waals surface area contributed by atoms with E-state index in [0.29, 0.717) is 16.8 Å². The summed E-state index contributed by atoms with van der Waals surface area (Å²) in [6, 6.07) is 10.1. The predicted molar refractivity (Wildman–Crippen MR) is 90.9 cm³/mol. The summed E-state index contributed by atoms with van der Waals surface area (Å²) in [5.74, 6) is -0.535. The monoisotopic (exact) mass is 324 g/mol. The number of hydrogen-bond donors (Lipinski definition) is 1. The van der Waals surface area contributed by atoms with Gasteiger partial charge in [0.05, 0.1) is 11.1 Å². The number of amides is 1. The zero-order valence-electron chi connectivity index (χ0n) is 13.4. The number of esters is 1. The normalized spacial score (nSPS) is 14.8. The van der Waals surface area contributed by atoms with Gasteiger partial charge in [-0.1, -0.05) is 6.42 Å². The molecule has 5 nitrogen and oxygen atoms in total. The second kappa shape index (κ2) is 7.73. The summed E-state index contributed by atoms with van der Waals surface area (Å²) in [6.45, 7) is 0. The molecule has 1 N–H and O–H groups in total. The quantitative estimate of drug-likeness (QED) is 0.868. The van der Waals surface area contributed by atoms with Crippen molar-refractivity contribution in [3.8, 4) is 0 Å². The van der Waals surface area contributed by atoms with Gasteiger partial charge in [-0.15, -0.1) is 0 Å². The molecule has 0 saturated heterocycles. The van der Waals surface area contributed by atoms with Crippen molar-refractivity contribution in [1.82, 2.24) is 4.98 Å². The van der Waals surface area contributed by atoms with Crippen molar-refractivity contribution < 1.29 is 14.3 Å². The van der Waals surface area contributed by atoms with Crippen LogP contribution in [0.15, 0.2) is 48.8 Å². The standard InChI is InChI=1S/C19H20N2O3/c22-18(15-5-4-12-20-13-15)21-16-10-8-14(9-11-16)19(23)24-17-6-2-1-3-7-17/h4-5,8-13,17H,1-3,6-7H2,(H,21,22). The van der Waals surface area contributed by atoms with Crippen LogP contribution >= 0.6 is 0 Å². The molecule has 0 radical (unpaired) electrons. The Bertz CT molecular complexity index is 692. The van der Waals surface area contributed by atoms with Crippen LogP contribution in [0.4, 0.5) is 5.69 Å². The first-order valence-electron chi connectivity index (χ1n) is 8.25. The zero-order chi connectivity index (χ0) is 16.8. The number of nitrogens with one attached hydrogen (secondary N) is 1. The summed E-state index contributed by atoms with van der Waals surface area (Å²) in [5, 5.41) is 2.77. The highest BCUT2D eigenvalue weighted by atomic mass is 16.5. The minimum Gasteiger partial charge on any atom is -0.459 e. The SMILES string of the molecule is O=C(Nc1ccc(C(=O)OC2CCCCC2)cc1)c1cccnc1. The molecular formula is C19H20N2O3. The molecule has 124 valence electrons. The zero-order valence-corrected chi connectivity index (χ0v) is 13.4. The Morgan fingerprint density at radius 2 is 1.75 bits per heavy atom. The van der Waals surface area contributed by atoms with E-state index in [1.807, 2.05) is 0 Å². The lowest BCUT2D eigenvalue weighted by Gasteiger charge is -2.21. The van der Waals surface area contributed by atoms with Crippen molar-refractivity contribution in [2.75, 3.05) is 5.32 Å². The Morgan fingerprint density at radius 3 is 2.42 bits per heavy atom. The number of benzene rings is 1. The molecule has 5 heteroatoms. The Labute approximate surface area is 141 Å². The number of rotatable bonds is 4. The van der Waals surface area contributed by atoms with Gasteiger partial charge in [0.15, 0.2) is 0 Å². The highest BCUT2D eigenvalue weighted by Gasteiger charge is 2.18. The molecule has 0 bridgehead atoms. The third-order valence-electron chi connectivity index (χ3n) is 4.13. The summed E-state index contributed by atoms with van der Waals surface area (Å²) >= 11 is 0. The number of aromatic nitrogens is 1. The van der Waals surface area contributed by atoms with Crippen LogP contribution in [0, 0.1) is 0 Å². The van der Waals surface area contributed by atoms with Crippen LogP contribution in [0.3, 0.4) is 0 Å². The van der Waals surface area contributed by atoms with Crippen molar-refractivity contribution in [1.29, 1.82) is 0 Å². The Morgan fingerprint density at radius 1 is 1.00 bits per heavy atom. The first-order chi connectivity index (χ1) is 11.7. The number of carbonyl (C=O) groups is 2. The maximum Gasteiger partial charge on any atom is 0.338 e. The largest absolute Gasteiger partial charge is 0.459 e. The van der Waals surface area contributed by atoms with Crippen molar-refractivity contribution in [2.24, 2.45) is 0 Å². The van der Waals surface area contributed by atoms with E-state index in [4.69, 9.17) is 4.74 Å². The lowest BCUT2D eigenvalue weighted by atomic mass is 9.98. The van der Waals surface area contributed by atoms with Crippen LogP contribution < -0.4 is 5.32 Å². The van der Waals surface area contributed by atoms with E-state index in [1.165, 1.54) is 12.6 Å². The van der Waals surface area contributed by atoms with Crippen molar-refractivity contribution in [3.05, 3.63) is 59.9 Å². The van der Waals surface area contributed by atoms with Crippen LogP contribution in [-0.4, -0.2) is 23.0 Å². The van der Waals surface area contributed by atoms with Crippen LogP contribution in [-0.2, 0) is 4.74 Å². The first-order valence-corrected chi connectivity index (χ1v) is 8.25. The van der Waals surface area contributed by atoms with Crippen molar-refractivity contribution in [2.45, 2.75) is 38.2 Å². The third kappa shape index (κ3) is 4.19. The number of carbonyl (C=O) groups excluding carboxylic acids is 2. The topological polar surface area (TPSA) is 68.3 Å². The number of hydrogen-bond acceptors (Lipinski definition) is 4. The van der Waals surface area contributed by atoms with Crippen LogP contribution in [0.25, 0.3) is 0 Å². The molecule has 1 aromatic carbocycles. The molecule has 0 spiro atoms. The van der Waals surface area contributed by atoms with E-state index >= 15 is 0 Å². The molecular weight excluding hydrogens is 304 g/mol. The summed E-state index contributed by atoms with van der Waals surface area (Å²) in [4.78, 5) is 28.1. The molecule has 1 aromatic heterocycles. The summed E-state index contributed by atoms with van der Waals surface area (Å²) < 4.78 is 5.53. The van der Waals surface area contributed by atoms with Gasteiger partial charge in [-0.05, 0) is 62.1 Å². The van der Waals surface area contributed by atoms with Crippen molar-refractivity contribution in [3.63, 3.8) is 0 Å². The van der Waals surface area contributed by atoms with E-state index in [1.54, 1.807) is 42.6 Å². The van der Waals surface area contributed by atoms with Crippen LogP contribution in [0.2, 0.25) is 0 Å². The number of pyridine rings is 1. The maximum atomic E-state index is 12.2. The van der Waals surface area contributed by atoms with E-state index in [9.17, 15) is 9.59 Å². The van der Waals surface area contributed by atoms with Gasteiger partial charge in [0.1, 0.15) is 6.10 Å². The van der Waals surface area contributed by atoms with Gasteiger partial charge in [-0.25, -0.2) is 4.79 Å². The fraction of sp³-hybridized carbons (Fsp3) is 0.316. The third-order valence-corrected chi connectivity index (χ3v) is 4.13. The summed E-state index contributed by atoms with van der Waals surface area (Å²) in [5.41, 5.74) is 1.61. The lowest BCUT2D eigenvalue weighted by Crippen LogP contribution is -2.21. The average molecular weight is 324 g/mol. The molecule has 1 heterocycles. The molecule has 1 aliphatic rings. The van der Waals surface area contributed by atoms with Gasteiger partial charge in [-0.3, -0.25) is 9.78 Å². The van der Waals surface area contributed by atoms with Gasteiger partial charge < -0.3 is 10.1 Å². The van der Waals surface area contributed by atoms with Gasteiger partial charge in [-0.2, -0.15) is 0 Å². The van der Waals surface area contributed by atoms with E-state index < -0.39 is 0 Å². The van der Waals surface area contributed by atoms with Gasteiger partial charge in [0, 0.05) is 18.1 Å². The number of nitrogens with zero attached hydrogens (tertiary/aromatic N) is 1. The van der Waals surface area contributed by atoms with Gasteiger partial charge >= 0.3 is 5.97 Å². The summed E-state index contributed by atoms with van der Waals surface area (Å²) in [6.07, 6.45) is 8.52. The summed E-state index contributed by atoms with van der Waals surface area (Å²) in [7, 11) is 0. The Hall–Kier alpha value is -2.69. The van der Waals surface area contributed by atoms with E-state index in [0.717, 1.165) is 25.7 Å². The molecule has 24 heavy (non-hydrogen) atoms. The number of anilines is 1. The fourth-order valence-corrected chi connectivity index (χ4v) is 2.79. The molecule has 1 aliphatic carbocycles. The highest BCUT2D eigenvalue weighted by Crippen LogP contribution is 2.22. The predicted octanol–water partition coefficient (Wildman–Crippen LogP) is 3.82. The molecule has 0 aliphatic heterocycles. The van der Waals surface area contributed by atoms with Crippen LogP contribution in [0.5, 0.6) is 0 Å². The molecule has 1 amide bonds.